The van der Waals surface area contributed by atoms with E-state index in [1.54, 1.807) is 0 Å². The van der Waals surface area contributed by atoms with E-state index in [9.17, 15) is 0 Å². The standard InChI is InChI=1S/C28H35N4O/c1-18(2)22-13-11-14-23(19(3)4)27(22)32-17-26(33-25-15-10-9-12-20(25)5)30(7)28(32)24-16-21(6)29-31(24)8/h9-19H,1-8H3/q+1. The Kier molecular flexibility index (Phi) is 6.15. The fraction of sp³-hybridized carbons (Fsp3) is 0.357. The van der Waals surface area contributed by atoms with Crippen LogP contribution in [-0.2, 0) is 14.1 Å². The topological polar surface area (TPSA) is 35.9 Å². The quantitative estimate of drug-likeness (QED) is 0.325. The van der Waals surface area contributed by atoms with Crippen LogP contribution in [0, 0.1) is 13.8 Å². The Bertz CT molecular complexity index is 1270. The highest BCUT2D eigenvalue weighted by atomic mass is 16.5. The van der Waals surface area contributed by atoms with Gasteiger partial charge in [-0.3, -0.25) is 4.68 Å². The van der Waals surface area contributed by atoms with E-state index in [0.29, 0.717) is 11.8 Å². The average Bonchev–Trinajstić information content (AvgIpc) is 3.26. The molecule has 5 heteroatoms. The van der Waals surface area contributed by atoms with Crippen molar-refractivity contribution in [3.63, 3.8) is 0 Å². The van der Waals surface area contributed by atoms with Crippen molar-refractivity contribution in [2.24, 2.45) is 14.1 Å². The van der Waals surface area contributed by atoms with Crippen molar-refractivity contribution >= 4 is 0 Å². The third kappa shape index (κ3) is 4.20. The van der Waals surface area contributed by atoms with Gasteiger partial charge in [-0.2, -0.15) is 14.2 Å². The van der Waals surface area contributed by atoms with Gasteiger partial charge < -0.3 is 4.74 Å². The number of para-hydroxylation sites is 2. The van der Waals surface area contributed by atoms with E-state index in [2.05, 4.69) is 92.4 Å². The number of aryl methyl sites for hydroxylation is 3. The number of benzene rings is 2. The average molecular weight is 444 g/mol. The van der Waals surface area contributed by atoms with E-state index in [1.807, 2.05) is 36.9 Å². The second kappa shape index (κ2) is 8.89. The number of aromatic nitrogens is 4. The normalized spacial score (nSPS) is 11.6. The molecule has 0 aliphatic rings. The van der Waals surface area contributed by atoms with Crippen molar-refractivity contribution in [2.45, 2.75) is 53.4 Å². The van der Waals surface area contributed by atoms with Crippen molar-refractivity contribution < 1.29 is 9.30 Å². The summed E-state index contributed by atoms with van der Waals surface area (Å²) < 4.78 is 12.8. The first-order valence-corrected chi connectivity index (χ1v) is 11.7. The zero-order valence-corrected chi connectivity index (χ0v) is 21.0. The zero-order chi connectivity index (χ0) is 23.9. The molecule has 0 aliphatic heterocycles. The Labute approximate surface area is 197 Å². The van der Waals surface area contributed by atoms with E-state index in [4.69, 9.17) is 4.74 Å². The van der Waals surface area contributed by atoms with Gasteiger partial charge in [-0.1, -0.05) is 64.1 Å². The van der Waals surface area contributed by atoms with Crippen LogP contribution in [0.3, 0.4) is 0 Å². The second-order valence-electron chi connectivity index (χ2n) is 9.48. The van der Waals surface area contributed by atoms with Gasteiger partial charge in [0.2, 0.25) is 0 Å². The Morgan fingerprint density at radius 2 is 1.55 bits per heavy atom. The molecule has 0 atom stereocenters. The monoisotopic (exact) mass is 443 g/mol. The summed E-state index contributed by atoms with van der Waals surface area (Å²) in [6.45, 7) is 13.1. The highest BCUT2D eigenvalue weighted by molar-refractivity contribution is 5.59. The Balaban J connectivity index is 2.03. The third-order valence-corrected chi connectivity index (χ3v) is 6.24. The molecule has 5 nitrogen and oxygen atoms in total. The van der Waals surface area contributed by atoms with Crippen LogP contribution in [0.15, 0.2) is 54.7 Å². The molecule has 33 heavy (non-hydrogen) atoms. The molecule has 0 aliphatic carbocycles. The number of ether oxygens (including phenoxy) is 1. The predicted octanol–water partition coefficient (Wildman–Crippen LogP) is 6.36. The van der Waals surface area contributed by atoms with Gasteiger partial charge in [0.15, 0.2) is 11.9 Å². The molecule has 2 aromatic heterocycles. The summed E-state index contributed by atoms with van der Waals surface area (Å²) in [4.78, 5) is 0. The van der Waals surface area contributed by atoms with Gasteiger partial charge in [0.1, 0.15) is 11.4 Å². The van der Waals surface area contributed by atoms with Gasteiger partial charge in [-0.15, -0.1) is 0 Å². The maximum absolute atomic E-state index is 6.46. The molecular formula is C28H35N4O+. The minimum absolute atomic E-state index is 0.383. The van der Waals surface area contributed by atoms with Crippen LogP contribution in [0.4, 0.5) is 0 Å². The SMILES string of the molecule is Cc1cc(-c2n(-c3c(C(C)C)cccc3C(C)C)cc(Oc3ccccc3C)[n+]2C)n(C)n1. The number of imidazole rings is 1. The lowest BCUT2D eigenvalue weighted by Crippen LogP contribution is -2.32. The van der Waals surface area contributed by atoms with Gasteiger partial charge in [-0.05, 0) is 43.4 Å². The molecule has 0 unspecified atom stereocenters. The lowest BCUT2D eigenvalue weighted by Gasteiger charge is -2.17. The van der Waals surface area contributed by atoms with E-state index in [-0.39, 0.29) is 0 Å². The molecule has 0 saturated heterocycles. The van der Waals surface area contributed by atoms with Crippen LogP contribution in [0.5, 0.6) is 11.6 Å². The fourth-order valence-electron chi connectivity index (χ4n) is 4.48. The fourth-order valence-corrected chi connectivity index (χ4v) is 4.48. The first-order valence-electron chi connectivity index (χ1n) is 11.7. The van der Waals surface area contributed by atoms with Crippen LogP contribution >= 0.6 is 0 Å². The predicted molar refractivity (Wildman–Crippen MR) is 133 cm³/mol. The summed E-state index contributed by atoms with van der Waals surface area (Å²) in [6, 6.07) is 16.9. The second-order valence-corrected chi connectivity index (χ2v) is 9.48. The molecule has 0 amide bonds. The van der Waals surface area contributed by atoms with Crippen molar-refractivity contribution in [2.75, 3.05) is 0 Å². The van der Waals surface area contributed by atoms with Gasteiger partial charge in [0.05, 0.1) is 12.7 Å². The minimum Gasteiger partial charge on any atom is -0.420 e. The maximum Gasteiger partial charge on any atom is 0.330 e. The minimum atomic E-state index is 0.383. The summed E-state index contributed by atoms with van der Waals surface area (Å²) >= 11 is 0. The summed E-state index contributed by atoms with van der Waals surface area (Å²) in [5.41, 5.74) is 7.00. The maximum atomic E-state index is 6.46. The van der Waals surface area contributed by atoms with Crippen molar-refractivity contribution in [3.05, 3.63) is 77.1 Å². The molecule has 4 aromatic rings. The third-order valence-electron chi connectivity index (χ3n) is 6.24. The Morgan fingerprint density at radius 3 is 2.09 bits per heavy atom. The lowest BCUT2D eigenvalue weighted by atomic mass is 9.92. The van der Waals surface area contributed by atoms with Gasteiger partial charge >= 0.3 is 11.7 Å². The molecular weight excluding hydrogens is 408 g/mol. The number of nitrogens with zero attached hydrogens (tertiary/aromatic N) is 4. The summed E-state index contributed by atoms with van der Waals surface area (Å²) in [7, 11) is 4.06. The first kappa shape index (κ1) is 22.8. The highest BCUT2D eigenvalue weighted by Crippen LogP contribution is 2.35. The van der Waals surface area contributed by atoms with E-state index in [0.717, 1.165) is 34.4 Å². The number of hydrogen-bond acceptors (Lipinski definition) is 2. The molecule has 0 bridgehead atoms. The molecule has 4 rings (SSSR count). The summed E-state index contributed by atoms with van der Waals surface area (Å²) in [5.74, 6) is 3.45. The van der Waals surface area contributed by atoms with Crippen LogP contribution in [0.1, 0.15) is 61.9 Å². The summed E-state index contributed by atoms with van der Waals surface area (Å²) in [6.07, 6.45) is 2.12. The van der Waals surface area contributed by atoms with Gasteiger partial charge in [0, 0.05) is 18.2 Å². The van der Waals surface area contributed by atoms with Crippen molar-refractivity contribution in [1.29, 1.82) is 0 Å². The number of hydrogen-bond donors (Lipinski definition) is 0. The van der Waals surface area contributed by atoms with Crippen LogP contribution in [0.2, 0.25) is 0 Å². The van der Waals surface area contributed by atoms with Crippen molar-refractivity contribution in [1.82, 2.24) is 14.3 Å². The molecule has 0 radical (unpaired) electrons. The van der Waals surface area contributed by atoms with Gasteiger partial charge in [0.25, 0.3) is 0 Å². The van der Waals surface area contributed by atoms with E-state index < -0.39 is 0 Å². The first-order chi connectivity index (χ1) is 15.7. The molecule has 2 heterocycles. The lowest BCUT2D eigenvalue weighted by molar-refractivity contribution is -0.664. The number of rotatable bonds is 6. The largest absolute Gasteiger partial charge is 0.420 e. The molecule has 0 saturated carbocycles. The molecule has 0 spiro atoms. The Hall–Kier alpha value is -3.34. The van der Waals surface area contributed by atoms with E-state index >= 15 is 0 Å². The molecule has 0 fully saturated rings. The Morgan fingerprint density at radius 1 is 0.909 bits per heavy atom. The van der Waals surface area contributed by atoms with Crippen LogP contribution in [-0.4, -0.2) is 14.3 Å². The van der Waals surface area contributed by atoms with E-state index in [1.165, 1.54) is 16.8 Å². The van der Waals surface area contributed by atoms with Crippen molar-refractivity contribution in [3.8, 4) is 28.8 Å². The van der Waals surface area contributed by atoms with Crippen LogP contribution < -0.4 is 9.30 Å². The smallest absolute Gasteiger partial charge is 0.330 e. The zero-order valence-electron chi connectivity index (χ0n) is 21.0. The van der Waals surface area contributed by atoms with Gasteiger partial charge in [-0.25, -0.2) is 0 Å². The molecule has 2 aromatic carbocycles. The highest BCUT2D eigenvalue weighted by Gasteiger charge is 2.31. The molecule has 0 N–H and O–H groups in total. The van der Waals surface area contributed by atoms with Crippen LogP contribution in [0.25, 0.3) is 17.2 Å². The summed E-state index contributed by atoms with van der Waals surface area (Å²) in [5, 5.41) is 4.63. The molecule has 172 valence electrons.